The molecule has 0 radical (unpaired) electrons. The van der Waals surface area contributed by atoms with Crippen LogP contribution in [0.15, 0.2) is 17.3 Å². The number of methoxy groups -OCH3 is 1. The summed E-state index contributed by atoms with van der Waals surface area (Å²) in [7, 11) is 1.57. The van der Waals surface area contributed by atoms with Crippen LogP contribution in [0.3, 0.4) is 0 Å². The molecule has 2 aromatic rings. The highest BCUT2D eigenvalue weighted by atomic mass is 32.2. The van der Waals surface area contributed by atoms with Crippen molar-refractivity contribution in [1.29, 1.82) is 0 Å². The number of nitrogens with zero attached hydrogens (tertiary/aromatic N) is 3. The van der Waals surface area contributed by atoms with Gasteiger partial charge in [-0.3, -0.25) is 4.79 Å². The molecule has 0 amide bonds. The first-order valence-corrected chi connectivity index (χ1v) is 7.79. The van der Waals surface area contributed by atoms with E-state index in [2.05, 4.69) is 23.8 Å². The number of aromatic nitrogens is 3. The van der Waals surface area contributed by atoms with E-state index in [9.17, 15) is 4.79 Å². The van der Waals surface area contributed by atoms with Crippen molar-refractivity contribution >= 4 is 28.9 Å². The summed E-state index contributed by atoms with van der Waals surface area (Å²) in [5.41, 5.74) is 1.49. The number of imidazole rings is 1. The van der Waals surface area contributed by atoms with Gasteiger partial charge in [0.1, 0.15) is 5.52 Å². The van der Waals surface area contributed by atoms with Crippen molar-refractivity contribution in [1.82, 2.24) is 14.5 Å². The SMILES string of the molecule is CCC(C)Cn1c(SCC(=O)O)nc2ccc(OC)nc21. The standard InChI is InChI=1S/C14H19N3O3S/c1-4-9(2)7-17-13-10(5-6-11(16-13)20-3)15-14(17)21-8-12(18)19/h5-6,9H,4,7-8H2,1-3H3,(H,18,19). The molecule has 2 aromatic heterocycles. The molecule has 1 N–H and O–H groups in total. The van der Waals surface area contributed by atoms with E-state index >= 15 is 0 Å². The number of carboxylic acids is 1. The minimum atomic E-state index is -0.854. The second-order valence-corrected chi connectivity index (χ2v) is 5.84. The Morgan fingerprint density at radius 1 is 1.48 bits per heavy atom. The Kier molecular flexibility index (Phi) is 5.06. The summed E-state index contributed by atoms with van der Waals surface area (Å²) in [5.74, 6) is 0.121. The summed E-state index contributed by atoms with van der Waals surface area (Å²) in [6.07, 6.45) is 1.03. The second kappa shape index (κ2) is 6.80. The third-order valence-electron chi connectivity index (χ3n) is 3.26. The lowest BCUT2D eigenvalue weighted by atomic mass is 10.1. The molecule has 1 unspecified atom stereocenters. The van der Waals surface area contributed by atoms with E-state index in [1.54, 1.807) is 13.2 Å². The molecule has 0 spiro atoms. The lowest BCUT2D eigenvalue weighted by Gasteiger charge is -2.12. The average molecular weight is 309 g/mol. The highest BCUT2D eigenvalue weighted by Gasteiger charge is 2.16. The molecule has 0 aliphatic rings. The van der Waals surface area contributed by atoms with Crippen molar-refractivity contribution in [3.05, 3.63) is 12.1 Å². The molecule has 0 aliphatic heterocycles. The molecule has 0 saturated carbocycles. The van der Waals surface area contributed by atoms with Gasteiger partial charge in [-0.25, -0.2) is 4.98 Å². The number of fused-ring (bicyclic) bond motifs is 1. The Morgan fingerprint density at radius 2 is 2.24 bits per heavy atom. The van der Waals surface area contributed by atoms with Crippen LogP contribution >= 0.6 is 11.8 Å². The number of aliphatic carboxylic acids is 1. The number of carboxylic acid groups (broad SMARTS) is 1. The minimum absolute atomic E-state index is 0.0129. The van der Waals surface area contributed by atoms with E-state index in [1.165, 1.54) is 11.8 Å². The summed E-state index contributed by atoms with van der Waals surface area (Å²) in [5, 5.41) is 9.55. The van der Waals surface area contributed by atoms with E-state index in [0.717, 1.165) is 24.1 Å². The Bertz CT molecular complexity index is 642. The van der Waals surface area contributed by atoms with Crippen molar-refractivity contribution in [3.8, 4) is 5.88 Å². The normalized spacial score (nSPS) is 12.5. The first kappa shape index (κ1) is 15.6. The highest BCUT2D eigenvalue weighted by Crippen LogP contribution is 2.26. The van der Waals surface area contributed by atoms with Gasteiger partial charge in [0.05, 0.1) is 12.9 Å². The van der Waals surface area contributed by atoms with Gasteiger partial charge in [-0.05, 0) is 12.0 Å². The smallest absolute Gasteiger partial charge is 0.313 e. The van der Waals surface area contributed by atoms with Crippen LogP contribution in [0.5, 0.6) is 5.88 Å². The second-order valence-electron chi connectivity index (χ2n) is 4.90. The van der Waals surface area contributed by atoms with Crippen molar-refractivity contribution in [2.45, 2.75) is 32.0 Å². The number of rotatable bonds is 7. The number of pyridine rings is 1. The molecule has 7 heteroatoms. The summed E-state index contributed by atoms with van der Waals surface area (Å²) >= 11 is 1.22. The fourth-order valence-electron chi connectivity index (χ4n) is 1.92. The van der Waals surface area contributed by atoms with Crippen LogP contribution in [-0.2, 0) is 11.3 Å². The monoisotopic (exact) mass is 309 g/mol. The lowest BCUT2D eigenvalue weighted by Crippen LogP contribution is -2.09. The lowest BCUT2D eigenvalue weighted by molar-refractivity contribution is -0.133. The van der Waals surface area contributed by atoms with Gasteiger partial charge in [0, 0.05) is 12.6 Å². The molecule has 2 rings (SSSR count). The molecule has 21 heavy (non-hydrogen) atoms. The van der Waals surface area contributed by atoms with E-state index < -0.39 is 5.97 Å². The van der Waals surface area contributed by atoms with Gasteiger partial charge in [0.15, 0.2) is 10.8 Å². The molecule has 1 atom stereocenters. The largest absolute Gasteiger partial charge is 0.481 e. The summed E-state index contributed by atoms with van der Waals surface area (Å²) in [4.78, 5) is 19.7. The van der Waals surface area contributed by atoms with Gasteiger partial charge in [0.25, 0.3) is 0 Å². The predicted molar refractivity (Wildman–Crippen MR) is 81.9 cm³/mol. The van der Waals surface area contributed by atoms with Crippen LogP contribution in [-0.4, -0.2) is 38.5 Å². The summed E-state index contributed by atoms with van der Waals surface area (Å²) in [6.45, 7) is 5.04. The molecule has 2 heterocycles. The van der Waals surface area contributed by atoms with Crippen LogP contribution in [0.4, 0.5) is 0 Å². The third-order valence-corrected chi connectivity index (χ3v) is 4.22. The zero-order valence-electron chi connectivity index (χ0n) is 12.4. The highest BCUT2D eigenvalue weighted by molar-refractivity contribution is 7.99. The van der Waals surface area contributed by atoms with Crippen LogP contribution < -0.4 is 4.74 Å². The molecular formula is C14H19N3O3S. The summed E-state index contributed by atoms with van der Waals surface area (Å²) < 4.78 is 7.15. The van der Waals surface area contributed by atoms with Crippen molar-refractivity contribution in [2.24, 2.45) is 5.92 Å². The Labute approximate surface area is 127 Å². The molecular weight excluding hydrogens is 290 g/mol. The van der Waals surface area contributed by atoms with Gasteiger partial charge in [0.2, 0.25) is 5.88 Å². The first-order chi connectivity index (χ1) is 10.0. The molecule has 114 valence electrons. The number of ether oxygens (including phenoxy) is 1. The fraction of sp³-hybridized carbons (Fsp3) is 0.500. The molecule has 0 fully saturated rings. The van der Waals surface area contributed by atoms with Gasteiger partial charge in [-0.15, -0.1) is 0 Å². The molecule has 0 bridgehead atoms. The van der Waals surface area contributed by atoms with Crippen molar-refractivity contribution < 1.29 is 14.6 Å². The van der Waals surface area contributed by atoms with Crippen LogP contribution in [0.1, 0.15) is 20.3 Å². The van der Waals surface area contributed by atoms with E-state index in [4.69, 9.17) is 9.84 Å². The van der Waals surface area contributed by atoms with Crippen LogP contribution in [0.2, 0.25) is 0 Å². The first-order valence-electron chi connectivity index (χ1n) is 6.81. The quantitative estimate of drug-likeness (QED) is 0.792. The maximum Gasteiger partial charge on any atom is 0.313 e. The average Bonchev–Trinajstić information content (AvgIpc) is 2.82. The molecule has 0 aliphatic carbocycles. The number of thioether (sulfide) groups is 1. The number of carbonyl (C=O) groups is 1. The maximum atomic E-state index is 10.8. The number of hydrogen-bond acceptors (Lipinski definition) is 5. The Balaban J connectivity index is 2.44. The maximum absolute atomic E-state index is 10.8. The fourth-order valence-corrected chi connectivity index (χ4v) is 2.65. The predicted octanol–water partition coefficient (Wildman–Crippen LogP) is 2.66. The zero-order valence-corrected chi connectivity index (χ0v) is 13.2. The Morgan fingerprint density at radius 3 is 2.86 bits per heavy atom. The number of hydrogen-bond donors (Lipinski definition) is 1. The van der Waals surface area contributed by atoms with Crippen LogP contribution in [0.25, 0.3) is 11.2 Å². The Hall–Kier alpha value is -1.76. The summed E-state index contributed by atoms with van der Waals surface area (Å²) in [6, 6.07) is 3.60. The van der Waals surface area contributed by atoms with E-state index in [1.807, 2.05) is 10.6 Å². The van der Waals surface area contributed by atoms with Crippen molar-refractivity contribution in [3.63, 3.8) is 0 Å². The van der Waals surface area contributed by atoms with Gasteiger partial charge in [-0.2, -0.15) is 4.98 Å². The third kappa shape index (κ3) is 3.66. The van der Waals surface area contributed by atoms with Gasteiger partial charge < -0.3 is 14.4 Å². The van der Waals surface area contributed by atoms with Gasteiger partial charge in [-0.1, -0.05) is 32.0 Å². The molecule has 0 aromatic carbocycles. The van der Waals surface area contributed by atoms with Gasteiger partial charge >= 0.3 is 5.97 Å². The van der Waals surface area contributed by atoms with E-state index in [0.29, 0.717) is 17.0 Å². The van der Waals surface area contributed by atoms with E-state index in [-0.39, 0.29) is 5.75 Å². The minimum Gasteiger partial charge on any atom is -0.481 e. The topological polar surface area (TPSA) is 77.2 Å². The van der Waals surface area contributed by atoms with Crippen molar-refractivity contribution in [2.75, 3.05) is 12.9 Å². The molecule has 0 saturated heterocycles. The van der Waals surface area contributed by atoms with Crippen LogP contribution in [0, 0.1) is 5.92 Å². The molecule has 6 nitrogen and oxygen atoms in total. The zero-order chi connectivity index (χ0) is 15.4.